The van der Waals surface area contributed by atoms with Crippen molar-refractivity contribution in [1.29, 1.82) is 10.5 Å². The largest absolute Gasteiger partial charge is 0.466 e. The van der Waals surface area contributed by atoms with Gasteiger partial charge in [0.25, 0.3) is 0 Å². The lowest BCUT2D eigenvalue weighted by Gasteiger charge is -1.97. The first-order valence-corrected chi connectivity index (χ1v) is 5.83. The van der Waals surface area contributed by atoms with Gasteiger partial charge in [-0.3, -0.25) is 0 Å². The highest BCUT2D eigenvalue weighted by atomic mass is 16.5. The van der Waals surface area contributed by atoms with Crippen molar-refractivity contribution in [2.24, 2.45) is 11.3 Å². The van der Waals surface area contributed by atoms with Gasteiger partial charge in [-0.25, -0.2) is 4.79 Å². The molecule has 0 unspecified atom stereocenters. The third kappa shape index (κ3) is 2.09. The van der Waals surface area contributed by atoms with Gasteiger partial charge >= 0.3 is 5.97 Å². The molecule has 2 atom stereocenters. The highest BCUT2D eigenvalue weighted by Gasteiger charge is 2.66. The average Bonchev–Trinajstić information content (AvgIpc) is 3.13. The van der Waals surface area contributed by atoms with E-state index >= 15 is 0 Å². The monoisotopic (exact) mass is 252 g/mol. The zero-order chi connectivity index (χ0) is 13.9. The second-order valence-corrected chi connectivity index (χ2v) is 4.39. The van der Waals surface area contributed by atoms with Crippen LogP contribution in [-0.2, 0) is 9.53 Å². The van der Waals surface area contributed by atoms with E-state index in [2.05, 4.69) is 16.9 Å². The van der Waals surface area contributed by atoms with Crippen molar-refractivity contribution in [2.45, 2.75) is 5.92 Å². The number of carbonyl (C=O) groups is 1. The number of hydrogen-bond donors (Lipinski definition) is 0. The molecular formula is C15H12N2O2. The molecule has 2 rings (SSSR count). The second-order valence-electron chi connectivity index (χ2n) is 4.39. The van der Waals surface area contributed by atoms with E-state index in [-0.39, 0.29) is 11.8 Å². The molecule has 0 amide bonds. The summed E-state index contributed by atoms with van der Waals surface area (Å²) in [6.45, 7) is 0. The summed E-state index contributed by atoms with van der Waals surface area (Å²) < 4.78 is 4.51. The molecule has 0 aromatic heterocycles. The Hall–Kier alpha value is -2.59. The van der Waals surface area contributed by atoms with Gasteiger partial charge in [0.05, 0.1) is 19.2 Å². The quantitative estimate of drug-likeness (QED) is 0.610. The SMILES string of the molecule is COC(=O)/C=C\[C@@H]1[C@@H](c2ccccc2)C1(C#N)C#N. The number of allylic oxidation sites excluding steroid dienone is 1. The number of nitriles is 2. The predicted octanol–water partition coefficient (Wildman–Crippen LogP) is 2.16. The van der Waals surface area contributed by atoms with Crippen molar-refractivity contribution in [3.63, 3.8) is 0 Å². The summed E-state index contributed by atoms with van der Waals surface area (Å²) in [6.07, 6.45) is 2.87. The molecule has 0 radical (unpaired) electrons. The van der Waals surface area contributed by atoms with Crippen LogP contribution < -0.4 is 0 Å². The number of nitrogens with zero attached hydrogens (tertiary/aromatic N) is 2. The Morgan fingerprint density at radius 1 is 1.32 bits per heavy atom. The van der Waals surface area contributed by atoms with Crippen molar-refractivity contribution in [3.05, 3.63) is 48.0 Å². The molecule has 94 valence electrons. The van der Waals surface area contributed by atoms with Gasteiger partial charge in [-0.15, -0.1) is 0 Å². The molecule has 0 N–H and O–H groups in total. The molecule has 0 aliphatic heterocycles. The lowest BCUT2D eigenvalue weighted by molar-refractivity contribution is -0.134. The van der Waals surface area contributed by atoms with Gasteiger partial charge in [-0.05, 0) is 5.56 Å². The highest BCUT2D eigenvalue weighted by molar-refractivity contribution is 5.82. The number of methoxy groups -OCH3 is 1. The number of carbonyl (C=O) groups excluding carboxylic acids is 1. The summed E-state index contributed by atoms with van der Waals surface area (Å²) in [6, 6.07) is 13.6. The molecule has 0 saturated heterocycles. The molecule has 0 spiro atoms. The van der Waals surface area contributed by atoms with Crippen LogP contribution in [0.1, 0.15) is 11.5 Å². The van der Waals surface area contributed by atoms with Crippen molar-refractivity contribution in [3.8, 4) is 12.1 Å². The molecule has 1 aromatic carbocycles. The Labute approximate surface area is 111 Å². The minimum Gasteiger partial charge on any atom is -0.466 e. The minimum absolute atomic E-state index is 0.190. The van der Waals surface area contributed by atoms with Crippen molar-refractivity contribution in [1.82, 2.24) is 0 Å². The minimum atomic E-state index is -1.08. The van der Waals surface area contributed by atoms with E-state index in [1.54, 1.807) is 6.08 Å². The number of esters is 1. The number of rotatable bonds is 3. The summed E-state index contributed by atoms with van der Waals surface area (Å²) in [4.78, 5) is 11.1. The molecule has 4 heteroatoms. The van der Waals surface area contributed by atoms with E-state index < -0.39 is 11.4 Å². The Balaban J connectivity index is 2.29. The first-order chi connectivity index (χ1) is 9.19. The summed E-state index contributed by atoms with van der Waals surface area (Å²) >= 11 is 0. The van der Waals surface area contributed by atoms with Crippen LogP contribution in [0.15, 0.2) is 42.5 Å². The van der Waals surface area contributed by atoms with Crippen LogP contribution in [0, 0.1) is 34.0 Å². The average molecular weight is 252 g/mol. The summed E-state index contributed by atoms with van der Waals surface area (Å²) in [5.41, 5.74) is -0.142. The normalized spacial score (nSPS) is 23.3. The molecule has 1 aliphatic rings. The van der Waals surface area contributed by atoms with E-state index in [0.717, 1.165) is 5.56 Å². The molecule has 0 bridgehead atoms. The lowest BCUT2D eigenvalue weighted by atomic mass is 10.0. The maximum Gasteiger partial charge on any atom is 0.330 e. The predicted molar refractivity (Wildman–Crippen MR) is 67.5 cm³/mol. The summed E-state index contributed by atoms with van der Waals surface area (Å²) in [7, 11) is 1.29. The molecular weight excluding hydrogens is 240 g/mol. The molecule has 1 aliphatic carbocycles. The third-order valence-corrected chi connectivity index (χ3v) is 3.44. The number of benzene rings is 1. The maximum absolute atomic E-state index is 11.1. The van der Waals surface area contributed by atoms with Gasteiger partial charge in [0.15, 0.2) is 5.41 Å². The lowest BCUT2D eigenvalue weighted by Crippen LogP contribution is -1.98. The number of ether oxygens (including phenoxy) is 1. The van der Waals surface area contributed by atoms with Crippen LogP contribution >= 0.6 is 0 Å². The van der Waals surface area contributed by atoms with Crippen LogP contribution in [0.3, 0.4) is 0 Å². The highest BCUT2D eigenvalue weighted by Crippen LogP contribution is 2.64. The van der Waals surface area contributed by atoms with Crippen molar-refractivity contribution in [2.75, 3.05) is 7.11 Å². The fraction of sp³-hybridized carbons (Fsp3) is 0.267. The Bertz CT molecular complexity index is 579. The third-order valence-electron chi connectivity index (χ3n) is 3.44. The molecule has 4 nitrogen and oxygen atoms in total. The fourth-order valence-corrected chi connectivity index (χ4v) is 2.37. The topological polar surface area (TPSA) is 73.9 Å². The zero-order valence-electron chi connectivity index (χ0n) is 10.4. The van der Waals surface area contributed by atoms with Crippen LogP contribution in [0.25, 0.3) is 0 Å². The Morgan fingerprint density at radius 2 is 1.95 bits per heavy atom. The zero-order valence-corrected chi connectivity index (χ0v) is 10.4. The fourth-order valence-electron chi connectivity index (χ4n) is 2.37. The van der Waals surface area contributed by atoms with Gasteiger partial charge in [0.2, 0.25) is 0 Å². The smallest absolute Gasteiger partial charge is 0.330 e. The Morgan fingerprint density at radius 3 is 2.47 bits per heavy atom. The van der Waals surface area contributed by atoms with E-state index in [1.807, 2.05) is 30.3 Å². The standard InChI is InChI=1S/C15H12N2O2/c1-19-13(18)8-7-12-14(15(12,9-16)10-17)11-5-3-2-4-6-11/h2-8,12,14H,1H3/b8-7-/t12-,14-/m1/s1. The van der Waals surface area contributed by atoms with E-state index in [1.165, 1.54) is 13.2 Å². The molecule has 1 saturated carbocycles. The maximum atomic E-state index is 11.1. The molecule has 0 heterocycles. The molecule has 19 heavy (non-hydrogen) atoms. The van der Waals surface area contributed by atoms with Gasteiger partial charge < -0.3 is 4.74 Å². The number of hydrogen-bond acceptors (Lipinski definition) is 4. The second kappa shape index (κ2) is 4.96. The van der Waals surface area contributed by atoms with Crippen molar-refractivity contribution >= 4 is 5.97 Å². The van der Waals surface area contributed by atoms with E-state index in [9.17, 15) is 15.3 Å². The van der Waals surface area contributed by atoms with Gasteiger partial charge in [-0.2, -0.15) is 10.5 Å². The Kier molecular flexibility index (Phi) is 3.35. The van der Waals surface area contributed by atoms with Crippen LogP contribution in [0.5, 0.6) is 0 Å². The first kappa shape index (κ1) is 12.9. The first-order valence-electron chi connectivity index (χ1n) is 5.83. The molecule has 1 fully saturated rings. The van der Waals surface area contributed by atoms with E-state index in [4.69, 9.17) is 0 Å². The van der Waals surface area contributed by atoms with Gasteiger partial charge in [-0.1, -0.05) is 36.4 Å². The van der Waals surface area contributed by atoms with E-state index in [0.29, 0.717) is 0 Å². The summed E-state index contributed by atoms with van der Waals surface area (Å²) in [5, 5.41) is 18.5. The van der Waals surface area contributed by atoms with Crippen molar-refractivity contribution < 1.29 is 9.53 Å². The van der Waals surface area contributed by atoms with Gasteiger partial charge in [0.1, 0.15) is 0 Å². The summed E-state index contributed by atoms with van der Waals surface area (Å²) in [5.74, 6) is -0.947. The van der Waals surface area contributed by atoms with Crippen LogP contribution in [0.2, 0.25) is 0 Å². The van der Waals surface area contributed by atoms with Crippen LogP contribution in [0.4, 0.5) is 0 Å². The molecule has 1 aromatic rings. The van der Waals surface area contributed by atoms with Crippen LogP contribution in [-0.4, -0.2) is 13.1 Å². The van der Waals surface area contributed by atoms with Gasteiger partial charge in [0, 0.05) is 17.9 Å².